The average Bonchev–Trinajstić information content (AvgIpc) is 2.96. The van der Waals surface area contributed by atoms with Gasteiger partial charge in [0.05, 0.1) is 11.5 Å². The summed E-state index contributed by atoms with van der Waals surface area (Å²) < 4.78 is 0. The highest BCUT2D eigenvalue weighted by Crippen LogP contribution is 2.37. The summed E-state index contributed by atoms with van der Waals surface area (Å²) >= 11 is 0. The maximum absolute atomic E-state index is 13.1. The summed E-state index contributed by atoms with van der Waals surface area (Å²) in [6, 6.07) is 7.87. The van der Waals surface area contributed by atoms with Crippen molar-refractivity contribution in [2.45, 2.75) is 50.5 Å². The van der Waals surface area contributed by atoms with E-state index < -0.39 is 5.54 Å². The van der Waals surface area contributed by atoms with E-state index in [0.29, 0.717) is 0 Å². The minimum atomic E-state index is -0.466. The molecule has 2 heterocycles. The SMILES string of the molecule is CN(C)C(=O)[C@H]1CN(CC2CCCCC2)C[C@@]12CCc1ccccc1C(=O)N2. The predicted molar refractivity (Wildman–Crippen MR) is 110 cm³/mol. The summed E-state index contributed by atoms with van der Waals surface area (Å²) in [5.41, 5.74) is 1.39. The van der Waals surface area contributed by atoms with Crippen molar-refractivity contribution in [1.82, 2.24) is 15.1 Å². The van der Waals surface area contributed by atoms with E-state index in [1.165, 1.54) is 32.1 Å². The molecule has 1 saturated carbocycles. The van der Waals surface area contributed by atoms with Crippen LogP contribution in [0.2, 0.25) is 0 Å². The lowest BCUT2D eigenvalue weighted by Gasteiger charge is -2.35. The molecule has 2 aliphatic heterocycles. The number of fused-ring (bicyclic) bond motifs is 1. The molecule has 4 rings (SSSR count). The Balaban J connectivity index is 1.59. The summed E-state index contributed by atoms with van der Waals surface area (Å²) in [5.74, 6) is 0.670. The van der Waals surface area contributed by atoms with Crippen LogP contribution in [0.15, 0.2) is 24.3 Å². The molecule has 2 fully saturated rings. The number of hydrogen-bond donors (Lipinski definition) is 1. The zero-order valence-electron chi connectivity index (χ0n) is 17.2. The zero-order valence-corrected chi connectivity index (χ0v) is 17.2. The molecule has 3 aliphatic rings. The highest BCUT2D eigenvalue weighted by Gasteiger charge is 2.52. The number of carbonyl (C=O) groups is 2. The summed E-state index contributed by atoms with van der Waals surface area (Å²) in [6.45, 7) is 2.60. The fraction of sp³-hybridized carbons (Fsp3) is 0.652. The van der Waals surface area contributed by atoms with E-state index in [1.807, 2.05) is 38.4 Å². The van der Waals surface area contributed by atoms with Crippen LogP contribution in [0.4, 0.5) is 0 Å². The molecule has 0 radical (unpaired) electrons. The molecule has 1 aromatic carbocycles. The Hall–Kier alpha value is -1.88. The lowest BCUT2D eigenvalue weighted by molar-refractivity contribution is -0.134. The first-order valence-electron chi connectivity index (χ1n) is 10.8. The van der Waals surface area contributed by atoms with Crippen LogP contribution >= 0.6 is 0 Å². The van der Waals surface area contributed by atoms with Gasteiger partial charge in [-0.05, 0) is 43.2 Å². The first-order valence-corrected chi connectivity index (χ1v) is 10.8. The Morgan fingerprint density at radius 2 is 1.96 bits per heavy atom. The zero-order chi connectivity index (χ0) is 19.7. The van der Waals surface area contributed by atoms with Crippen molar-refractivity contribution in [3.05, 3.63) is 35.4 Å². The Morgan fingerprint density at radius 3 is 2.71 bits per heavy atom. The molecule has 1 saturated heterocycles. The van der Waals surface area contributed by atoms with Gasteiger partial charge in [-0.15, -0.1) is 0 Å². The third-order valence-electron chi connectivity index (χ3n) is 7.06. The van der Waals surface area contributed by atoms with Crippen LogP contribution in [0, 0.1) is 11.8 Å². The van der Waals surface area contributed by atoms with Crippen molar-refractivity contribution in [3.8, 4) is 0 Å². The number of aryl methyl sites for hydroxylation is 1. The molecular formula is C23H33N3O2. The van der Waals surface area contributed by atoms with Gasteiger partial charge in [-0.25, -0.2) is 0 Å². The summed E-state index contributed by atoms with van der Waals surface area (Å²) in [4.78, 5) is 30.3. The number of hydrogen-bond acceptors (Lipinski definition) is 3. The van der Waals surface area contributed by atoms with Crippen LogP contribution in [-0.4, -0.2) is 60.9 Å². The monoisotopic (exact) mass is 383 g/mol. The van der Waals surface area contributed by atoms with Crippen LogP contribution in [0.25, 0.3) is 0 Å². The second-order valence-corrected chi connectivity index (χ2v) is 9.25. The number of nitrogens with zero attached hydrogens (tertiary/aromatic N) is 2. The number of amides is 2. The molecule has 5 nitrogen and oxygen atoms in total. The number of nitrogens with one attached hydrogen (secondary N) is 1. The van der Waals surface area contributed by atoms with Crippen molar-refractivity contribution in [2.24, 2.45) is 11.8 Å². The van der Waals surface area contributed by atoms with Gasteiger partial charge >= 0.3 is 0 Å². The van der Waals surface area contributed by atoms with Gasteiger partial charge in [0.1, 0.15) is 0 Å². The third-order valence-corrected chi connectivity index (χ3v) is 7.06. The van der Waals surface area contributed by atoms with E-state index >= 15 is 0 Å². The minimum Gasteiger partial charge on any atom is -0.348 e. The molecule has 152 valence electrons. The van der Waals surface area contributed by atoms with Crippen molar-refractivity contribution in [3.63, 3.8) is 0 Å². The molecule has 0 aromatic heterocycles. The van der Waals surface area contributed by atoms with Crippen LogP contribution < -0.4 is 5.32 Å². The molecule has 0 bridgehead atoms. The topological polar surface area (TPSA) is 52.7 Å². The van der Waals surface area contributed by atoms with E-state index in [4.69, 9.17) is 0 Å². The molecule has 5 heteroatoms. The summed E-state index contributed by atoms with van der Waals surface area (Å²) in [5, 5.41) is 3.34. The van der Waals surface area contributed by atoms with Crippen molar-refractivity contribution in [2.75, 3.05) is 33.7 Å². The normalized spacial score (nSPS) is 28.6. The summed E-state index contributed by atoms with van der Waals surface area (Å²) in [6.07, 6.45) is 8.27. The standard InChI is InChI=1S/C23H33N3O2/c1-25(2)22(28)20-15-26(14-17-8-4-3-5-9-17)16-23(20)13-12-18-10-6-7-11-19(18)21(27)24-23/h6-7,10-11,17,20H,3-5,8-9,12-16H2,1-2H3,(H,24,27)/t20-,23+/m1/s1. The molecule has 1 aromatic rings. The van der Waals surface area contributed by atoms with Crippen LogP contribution in [0.1, 0.15) is 54.4 Å². The number of benzene rings is 1. The van der Waals surface area contributed by atoms with Crippen molar-refractivity contribution < 1.29 is 9.59 Å². The second kappa shape index (κ2) is 7.86. The van der Waals surface area contributed by atoms with Gasteiger partial charge in [0, 0.05) is 39.3 Å². The summed E-state index contributed by atoms with van der Waals surface area (Å²) in [7, 11) is 3.65. The van der Waals surface area contributed by atoms with Gasteiger partial charge in [-0.3, -0.25) is 14.5 Å². The molecule has 2 atom stereocenters. The molecule has 28 heavy (non-hydrogen) atoms. The fourth-order valence-corrected chi connectivity index (χ4v) is 5.56. The van der Waals surface area contributed by atoms with Crippen molar-refractivity contribution in [1.29, 1.82) is 0 Å². The molecular weight excluding hydrogens is 350 g/mol. The van der Waals surface area contributed by atoms with Crippen molar-refractivity contribution >= 4 is 11.8 Å². The Bertz CT molecular complexity index is 741. The Labute approximate surface area is 168 Å². The van der Waals surface area contributed by atoms with Crippen LogP contribution in [-0.2, 0) is 11.2 Å². The van der Waals surface area contributed by atoms with Gasteiger partial charge < -0.3 is 10.2 Å². The van der Waals surface area contributed by atoms with Crippen LogP contribution in [0.5, 0.6) is 0 Å². The number of rotatable bonds is 3. The smallest absolute Gasteiger partial charge is 0.252 e. The van der Waals surface area contributed by atoms with E-state index in [2.05, 4.69) is 10.2 Å². The van der Waals surface area contributed by atoms with Gasteiger partial charge in [0.2, 0.25) is 5.91 Å². The second-order valence-electron chi connectivity index (χ2n) is 9.25. The lowest BCUT2D eigenvalue weighted by Crippen LogP contribution is -2.57. The van der Waals surface area contributed by atoms with E-state index in [1.54, 1.807) is 4.90 Å². The first-order chi connectivity index (χ1) is 13.5. The molecule has 1 aliphatic carbocycles. The minimum absolute atomic E-state index is 0.0239. The quantitative estimate of drug-likeness (QED) is 0.873. The predicted octanol–water partition coefficient (Wildman–Crippen LogP) is 2.70. The molecule has 1 spiro atoms. The number of carbonyl (C=O) groups excluding carboxylic acids is 2. The van der Waals surface area contributed by atoms with E-state index in [0.717, 1.165) is 49.5 Å². The first kappa shape index (κ1) is 19.4. The highest BCUT2D eigenvalue weighted by atomic mass is 16.2. The van der Waals surface area contributed by atoms with Crippen LogP contribution in [0.3, 0.4) is 0 Å². The molecule has 2 amide bonds. The Morgan fingerprint density at radius 1 is 1.21 bits per heavy atom. The highest BCUT2D eigenvalue weighted by molar-refractivity contribution is 5.97. The maximum atomic E-state index is 13.1. The van der Waals surface area contributed by atoms with Gasteiger partial charge in [0.25, 0.3) is 5.91 Å². The largest absolute Gasteiger partial charge is 0.348 e. The Kier molecular flexibility index (Phi) is 5.46. The maximum Gasteiger partial charge on any atom is 0.252 e. The average molecular weight is 384 g/mol. The molecule has 1 N–H and O–H groups in total. The lowest BCUT2D eigenvalue weighted by atomic mass is 9.81. The van der Waals surface area contributed by atoms with E-state index in [-0.39, 0.29) is 17.7 Å². The number of likely N-dealkylation sites (tertiary alicyclic amines) is 1. The van der Waals surface area contributed by atoms with Gasteiger partial charge in [0.15, 0.2) is 0 Å². The fourth-order valence-electron chi connectivity index (χ4n) is 5.56. The van der Waals surface area contributed by atoms with Gasteiger partial charge in [-0.2, -0.15) is 0 Å². The third kappa shape index (κ3) is 3.69. The molecule has 0 unspecified atom stereocenters. The van der Waals surface area contributed by atoms with Gasteiger partial charge in [-0.1, -0.05) is 37.5 Å². The van der Waals surface area contributed by atoms with E-state index in [9.17, 15) is 9.59 Å².